The fourth-order valence-corrected chi connectivity index (χ4v) is 2.10. The first-order chi connectivity index (χ1) is 11.1. The molecule has 0 aliphatic carbocycles. The average Bonchev–Trinajstić information content (AvgIpc) is 2.59. The molecule has 0 aliphatic heterocycles. The number of halogens is 1. The molecular weight excluding hydrogens is 314 g/mol. The van der Waals surface area contributed by atoms with E-state index in [1.54, 1.807) is 38.5 Å². The van der Waals surface area contributed by atoms with Gasteiger partial charge in [-0.05, 0) is 41.5 Å². The Kier molecular flexibility index (Phi) is 6.06. The summed E-state index contributed by atoms with van der Waals surface area (Å²) in [5.74, 6) is 1.10. The summed E-state index contributed by atoms with van der Waals surface area (Å²) >= 11 is 5.82. The molecular formula is C18H18ClNO3. The van der Waals surface area contributed by atoms with Crippen LogP contribution < -0.4 is 14.8 Å². The van der Waals surface area contributed by atoms with Crippen LogP contribution in [-0.4, -0.2) is 20.1 Å². The van der Waals surface area contributed by atoms with Crippen LogP contribution in [0.4, 0.5) is 0 Å². The largest absolute Gasteiger partial charge is 0.493 e. The van der Waals surface area contributed by atoms with E-state index in [1.807, 2.05) is 24.3 Å². The van der Waals surface area contributed by atoms with E-state index in [9.17, 15) is 4.79 Å². The molecule has 0 heterocycles. The highest BCUT2D eigenvalue weighted by Crippen LogP contribution is 2.27. The molecule has 2 rings (SSSR count). The normalized spacial score (nSPS) is 10.6. The second kappa shape index (κ2) is 8.25. The molecule has 4 nitrogen and oxygen atoms in total. The van der Waals surface area contributed by atoms with E-state index in [2.05, 4.69) is 5.32 Å². The van der Waals surface area contributed by atoms with Gasteiger partial charge in [0.25, 0.3) is 0 Å². The molecule has 0 saturated carbocycles. The Morgan fingerprint density at radius 3 is 2.43 bits per heavy atom. The number of carbonyl (C=O) groups is 1. The number of nitrogens with one attached hydrogen (secondary N) is 1. The summed E-state index contributed by atoms with van der Waals surface area (Å²) in [4.78, 5) is 11.9. The molecule has 0 unspecified atom stereocenters. The van der Waals surface area contributed by atoms with Crippen molar-refractivity contribution in [2.24, 2.45) is 0 Å². The van der Waals surface area contributed by atoms with Crippen molar-refractivity contribution in [3.8, 4) is 11.5 Å². The van der Waals surface area contributed by atoms with E-state index in [0.717, 1.165) is 11.1 Å². The van der Waals surface area contributed by atoms with E-state index < -0.39 is 0 Å². The molecule has 0 aliphatic rings. The van der Waals surface area contributed by atoms with Crippen molar-refractivity contribution in [3.05, 3.63) is 64.7 Å². The summed E-state index contributed by atoms with van der Waals surface area (Å²) in [5, 5.41) is 3.49. The minimum atomic E-state index is -0.172. The number of rotatable bonds is 6. The molecule has 0 saturated heterocycles. The molecule has 2 aromatic carbocycles. The van der Waals surface area contributed by atoms with E-state index in [-0.39, 0.29) is 5.91 Å². The molecule has 5 heteroatoms. The molecule has 2 aromatic rings. The third-order valence-electron chi connectivity index (χ3n) is 3.21. The van der Waals surface area contributed by atoms with Crippen LogP contribution in [0.25, 0.3) is 6.08 Å². The first kappa shape index (κ1) is 16.9. The molecule has 0 fully saturated rings. The van der Waals surface area contributed by atoms with Gasteiger partial charge in [-0.3, -0.25) is 4.79 Å². The van der Waals surface area contributed by atoms with Gasteiger partial charge in [0.05, 0.1) is 14.2 Å². The monoisotopic (exact) mass is 331 g/mol. The maximum Gasteiger partial charge on any atom is 0.244 e. The Labute approximate surface area is 140 Å². The number of methoxy groups -OCH3 is 2. The van der Waals surface area contributed by atoms with Gasteiger partial charge in [-0.1, -0.05) is 29.8 Å². The van der Waals surface area contributed by atoms with Crippen molar-refractivity contribution in [1.29, 1.82) is 0 Å². The van der Waals surface area contributed by atoms with Crippen molar-refractivity contribution in [2.45, 2.75) is 6.54 Å². The van der Waals surface area contributed by atoms with Crippen LogP contribution in [0.2, 0.25) is 5.02 Å². The van der Waals surface area contributed by atoms with Crippen molar-refractivity contribution in [2.75, 3.05) is 14.2 Å². The third-order valence-corrected chi connectivity index (χ3v) is 3.47. The molecule has 0 bridgehead atoms. The summed E-state index contributed by atoms with van der Waals surface area (Å²) < 4.78 is 10.4. The van der Waals surface area contributed by atoms with Gasteiger partial charge in [-0.2, -0.15) is 0 Å². The Morgan fingerprint density at radius 2 is 1.78 bits per heavy atom. The van der Waals surface area contributed by atoms with Gasteiger partial charge >= 0.3 is 0 Å². The lowest BCUT2D eigenvalue weighted by molar-refractivity contribution is -0.116. The highest BCUT2D eigenvalue weighted by molar-refractivity contribution is 6.30. The Balaban J connectivity index is 1.94. The number of carbonyl (C=O) groups excluding carboxylic acids is 1. The van der Waals surface area contributed by atoms with Gasteiger partial charge in [0.2, 0.25) is 5.91 Å². The van der Waals surface area contributed by atoms with Crippen LogP contribution in [0.1, 0.15) is 11.1 Å². The molecule has 0 aromatic heterocycles. The van der Waals surface area contributed by atoms with Gasteiger partial charge in [0.15, 0.2) is 11.5 Å². The maximum absolute atomic E-state index is 11.9. The fraction of sp³-hybridized carbons (Fsp3) is 0.167. The van der Waals surface area contributed by atoms with Crippen molar-refractivity contribution in [1.82, 2.24) is 5.32 Å². The van der Waals surface area contributed by atoms with Crippen LogP contribution in [-0.2, 0) is 11.3 Å². The Hall–Kier alpha value is -2.46. The van der Waals surface area contributed by atoms with E-state index in [4.69, 9.17) is 21.1 Å². The SMILES string of the molecule is COc1ccc(/C=C/C(=O)NCc2ccc(Cl)cc2)cc1OC. The van der Waals surface area contributed by atoms with Crippen molar-refractivity contribution < 1.29 is 14.3 Å². The molecule has 0 atom stereocenters. The average molecular weight is 332 g/mol. The lowest BCUT2D eigenvalue weighted by Gasteiger charge is -2.07. The zero-order valence-corrected chi connectivity index (χ0v) is 13.8. The van der Waals surface area contributed by atoms with Crippen molar-refractivity contribution in [3.63, 3.8) is 0 Å². The summed E-state index contributed by atoms with van der Waals surface area (Å²) in [5.41, 5.74) is 1.84. The highest BCUT2D eigenvalue weighted by atomic mass is 35.5. The predicted molar refractivity (Wildman–Crippen MR) is 91.9 cm³/mol. The first-order valence-electron chi connectivity index (χ1n) is 7.05. The number of hydrogen-bond acceptors (Lipinski definition) is 3. The van der Waals surface area contributed by atoms with E-state index in [0.29, 0.717) is 23.1 Å². The second-order valence-corrected chi connectivity index (χ2v) is 5.23. The Bertz CT molecular complexity index is 696. The molecule has 0 spiro atoms. The number of benzene rings is 2. The van der Waals surface area contributed by atoms with Gasteiger partial charge < -0.3 is 14.8 Å². The molecule has 0 radical (unpaired) electrons. The van der Waals surface area contributed by atoms with E-state index >= 15 is 0 Å². The van der Waals surface area contributed by atoms with Gasteiger partial charge in [-0.15, -0.1) is 0 Å². The topological polar surface area (TPSA) is 47.6 Å². The number of ether oxygens (including phenoxy) is 2. The fourth-order valence-electron chi connectivity index (χ4n) is 1.98. The molecule has 23 heavy (non-hydrogen) atoms. The Morgan fingerprint density at radius 1 is 1.09 bits per heavy atom. The summed E-state index contributed by atoms with van der Waals surface area (Å²) in [7, 11) is 3.15. The first-order valence-corrected chi connectivity index (χ1v) is 7.42. The van der Waals surface area contributed by atoms with Crippen LogP contribution in [0.3, 0.4) is 0 Å². The van der Waals surface area contributed by atoms with Gasteiger partial charge in [0, 0.05) is 17.6 Å². The summed E-state index contributed by atoms with van der Waals surface area (Å²) in [6.45, 7) is 0.451. The predicted octanol–water partition coefficient (Wildman–Crippen LogP) is 3.69. The molecule has 1 N–H and O–H groups in total. The van der Waals surface area contributed by atoms with Crippen LogP contribution >= 0.6 is 11.6 Å². The third kappa shape index (κ3) is 5.04. The van der Waals surface area contributed by atoms with Crippen LogP contribution in [0.15, 0.2) is 48.5 Å². The molecule has 120 valence electrons. The van der Waals surface area contributed by atoms with Crippen molar-refractivity contribution >= 4 is 23.6 Å². The minimum absolute atomic E-state index is 0.172. The summed E-state index contributed by atoms with van der Waals surface area (Å²) in [6, 6.07) is 12.8. The van der Waals surface area contributed by atoms with Crippen LogP contribution in [0, 0.1) is 0 Å². The summed E-state index contributed by atoms with van der Waals surface area (Å²) in [6.07, 6.45) is 3.20. The minimum Gasteiger partial charge on any atom is -0.493 e. The van der Waals surface area contributed by atoms with Crippen LogP contribution in [0.5, 0.6) is 11.5 Å². The van der Waals surface area contributed by atoms with E-state index in [1.165, 1.54) is 6.08 Å². The zero-order chi connectivity index (χ0) is 16.7. The standard InChI is InChI=1S/C18H18ClNO3/c1-22-16-9-5-13(11-17(16)23-2)6-10-18(21)20-12-14-3-7-15(19)8-4-14/h3-11H,12H2,1-2H3,(H,20,21)/b10-6+. The lowest BCUT2D eigenvalue weighted by Crippen LogP contribution is -2.20. The zero-order valence-electron chi connectivity index (χ0n) is 13.0. The number of amides is 1. The quantitative estimate of drug-likeness (QED) is 0.821. The number of hydrogen-bond donors (Lipinski definition) is 1. The van der Waals surface area contributed by atoms with Gasteiger partial charge in [0.1, 0.15) is 0 Å². The van der Waals surface area contributed by atoms with Gasteiger partial charge in [-0.25, -0.2) is 0 Å². The molecule has 1 amide bonds. The second-order valence-electron chi connectivity index (χ2n) is 4.79. The maximum atomic E-state index is 11.9. The lowest BCUT2D eigenvalue weighted by atomic mass is 10.2. The highest BCUT2D eigenvalue weighted by Gasteiger charge is 2.03. The smallest absolute Gasteiger partial charge is 0.244 e.